The number of rotatable bonds is 4. The minimum atomic E-state index is -0.448. The number of amides is 1. The molecule has 1 amide bonds. The number of aryl methyl sites for hydroxylation is 1. The number of nitrogen functional groups attached to an aromatic ring is 1. The maximum Gasteiger partial charge on any atom is 0.256 e. The number of pyridine rings is 1. The maximum absolute atomic E-state index is 12.3. The number of nitrogens with one attached hydrogen (secondary N) is 1. The van der Waals surface area contributed by atoms with Crippen LogP contribution >= 0.6 is 0 Å². The van der Waals surface area contributed by atoms with E-state index in [-0.39, 0.29) is 28.4 Å². The van der Waals surface area contributed by atoms with Crippen molar-refractivity contribution in [1.29, 1.82) is 5.26 Å². The van der Waals surface area contributed by atoms with Crippen LogP contribution < -0.4 is 15.8 Å². The van der Waals surface area contributed by atoms with Crippen LogP contribution in [0.3, 0.4) is 0 Å². The van der Waals surface area contributed by atoms with Gasteiger partial charge >= 0.3 is 0 Å². The predicted octanol–water partition coefficient (Wildman–Crippen LogP) is 2.31. The van der Waals surface area contributed by atoms with Crippen molar-refractivity contribution in [3.05, 3.63) is 46.6 Å². The highest BCUT2D eigenvalue weighted by atomic mass is 16.5. The SMILES string of the molecule is COc1ccc(C(=O)Nc2nc(C)c(C(C)=O)c(N)c2C#N)cc1. The van der Waals surface area contributed by atoms with Gasteiger partial charge in [0, 0.05) is 5.56 Å². The Morgan fingerprint density at radius 3 is 2.42 bits per heavy atom. The zero-order valence-electron chi connectivity index (χ0n) is 13.5. The second-order valence-corrected chi connectivity index (χ2v) is 5.06. The molecule has 1 aromatic heterocycles. The molecule has 2 rings (SSSR count). The van der Waals surface area contributed by atoms with E-state index in [9.17, 15) is 14.9 Å². The monoisotopic (exact) mass is 324 g/mol. The number of methoxy groups -OCH3 is 1. The molecule has 1 aromatic carbocycles. The van der Waals surface area contributed by atoms with Crippen LogP contribution in [0.5, 0.6) is 5.75 Å². The average Bonchev–Trinajstić information content (AvgIpc) is 2.54. The highest BCUT2D eigenvalue weighted by molar-refractivity contribution is 6.06. The smallest absolute Gasteiger partial charge is 0.256 e. The molecule has 0 saturated heterocycles. The fourth-order valence-corrected chi connectivity index (χ4v) is 2.30. The molecule has 0 radical (unpaired) electrons. The molecular weight excluding hydrogens is 308 g/mol. The average molecular weight is 324 g/mol. The molecule has 24 heavy (non-hydrogen) atoms. The van der Waals surface area contributed by atoms with Gasteiger partial charge in [0.2, 0.25) is 0 Å². The lowest BCUT2D eigenvalue weighted by Gasteiger charge is -2.13. The van der Waals surface area contributed by atoms with Crippen LogP contribution in [0.25, 0.3) is 0 Å². The summed E-state index contributed by atoms with van der Waals surface area (Å²) in [5.41, 5.74) is 6.79. The third-order valence-corrected chi connectivity index (χ3v) is 3.46. The Morgan fingerprint density at radius 2 is 1.92 bits per heavy atom. The van der Waals surface area contributed by atoms with Gasteiger partial charge in [0.1, 0.15) is 17.4 Å². The predicted molar refractivity (Wildman–Crippen MR) is 89.1 cm³/mol. The van der Waals surface area contributed by atoms with E-state index in [1.165, 1.54) is 14.0 Å². The van der Waals surface area contributed by atoms with Crippen molar-refractivity contribution in [3.8, 4) is 11.8 Å². The molecule has 0 aliphatic rings. The Labute approximate surface area is 139 Å². The minimum Gasteiger partial charge on any atom is -0.497 e. The standard InChI is InChI=1S/C17H16N4O3/c1-9-14(10(2)22)15(19)13(8-18)16(20-9)21-17(23)11-4-6-12(24-3)7-5-11/h4-7H,1-3H3,(H3,19,20,21,23). The lowest BCUT2D eigenvalue weighted by atomic mass is 10.0. The van der Waals surface area contributed by atoms with Gasteiger partial charge in [0.05, 0.1) is 24.1 Å². The zero-order chi connectivity index (χ0) is 17.9. The van der Waals surface area contributed by atoms with E-state index in [1.807, 2.05) is 6.07 Å². The maximum atomic E-state index is 12.3. The summed E-state index contributed by atoms with van der Waals surface area (Å²) in [6, 6.07) is 8.34. The van der Waals surface area contributed by atoms with E-state index >= 15 is 0 Å². The number of aromatic nitrogens is 1. The molecule has 0 aliphatic heterocycles. The summed E-state index contributed by atoms with van der Waals surface area (Å²) in [7, 11) is 1.53. The Bertz CT molecular complexity index is 852. The molecule has 0 saturated carbocycles. The number of anilines is 2. The van der Waals surface area contributed by atoms with Gasteiger partial charge in [-0.3, -0.25) is 9.59 Å². The summed E-state index contributed by atoms with van der Waals surface area (Å²) in [4.78, 5) is 28.1. The highest BCUT2D eigenvalue weighted by Crippen LogP contribution is 2.26. The normalized spacial score (nSPS) is 9.92. The second kappa shape index (κ2) is 6.79. The van der Waals surface area contributed by atoms with E-state index in [4.69, 9.17) is 10.5 Å². The van der Waals surface area contributed by atoms with Crippen LogP contribution in [0.1, 0.15) is 38.9 Å². The quantitative estimate of drug-likeness (QED) is 0.833. The first-order valence-corrected chi connectivity index (χ1v) is 7.05. The Balaban J connectivity index is 2.40. The first-order chi connectivity index (χ1) is 11.4. The number of nitriles is 1. The molecule has 7 heteroatoms. The largest absolute Gasteiger partial charge is 0.497 e. The molecule has 0 spiro atoms. The molecular formula is C17H16N4O3. The summed E-state index contributed by atoms with van der Waals surface area (Å²) < 4.78 is 5.04. The Morgan fingerprint density at radius 1 is 1.29 bits per heavy atom. The van der Waals surface area contributed by atoms with Crippen LogP contribution in [0, 0.1) is 18.3 Å². The molecule has 122 valence electrons. The van der Waals surface area contributed by atoms with E-state index in [1.54, 1.807) is 31.2 Å². The van der Waals surface area contributed by atoms with Gasteiger partial charge in [-0.25, -0.2) is 4.98 Å². The van der Waals surface area contributed by atoms with Crippen LogP contribution in [0.15, 0.2) is 24.3 Å². The van der Waals surface area contributed by atoms with Crippen molar-refractivity contribution in [3.63, 3.8) is 0 Å². The third-order valence-electron chi connectivity index (χ3n) is 3.46. The number of Topliss-reactive ketones (excluding diaryl/α,β-unsaturated/α-hetero) is 1. The molecule has 1 heterocycles. The van der Waals surface area contributed by atoms with Crippen LogP contribution in [-0.2, 0) is 0 Å². The fraction of sp³-hybridized carbons (Fsp3) is 0.176. The Hall–Kier alpha value is -3.40. The minimum absolute atomic E-state index is 0.0162. The molecule has 2 aromatic rings. The first-order valence-electron chi connectivity index (χ1n) is 7.05. The van der Waals surface area contributed by atoms with Crippen molar-refractivity contribution in [2.24, 2.45) is 0 Å². The summed E-state index contributed by atoms with van der Waals surface area (Å²) in [5.74, 6) is -0.0929. The van der Waals surface area contributed by atoms with Crippen molar-refractivity contribution in [2.45, 2.75) is 13.8 Å². The number of carbonyl (C=O) groups is 2. The van der Waals surface area contributed by atoms with Gasteiger partial charge in [-0.2, -0.15) is 5.26 Å². The fourth-order valence-electron chi connectivity index (χ4n) is 2.30. The van der Waals surface area contributed by atoms with Crippen LogP contribution in [0.4, 0.5) is 11.5 Å². The summed E-state index contributed by atoms with van der Waals surface area (Å²) in [5, 5.41) is 11.9. The van der Waals surface area contributed by atoms with Gasteiger partial charge in [-0.05, 0) is 38.1 Å². The topological polar surface area (TPSA) is 118 Å². The number of hydrogen-bond acceptors (Lipinski definition) is 6. The number of ether oxygens (including phenoxy) is 1. The highest BCUT2D eigenvalue weighted by Gasteiger charge is 2.20. The molecule has 7 nitrogen and oxygen atoms in total. The van der Waals surface area contributed by atoms with Gasteiger partial charge in [0.25, 0.3) is 5.91 Å². The number of carbonyl (C=O) groups excluding carboxylic acids is 2. The number of nitrogens with two attached hydrogens (primary N) is 1. The van der Waals surface area contributed by atoms with Crippen LogP contribution in [-0.4, -0.2) is 23.8 Å². The van der Waals surface area contributed by atoms with Crippen molar-refractivity contribution < 1.29 is 14.3 Å². The number of hydrogen-bond donors (Lipinski definition) is 2. The van der Waals surface area contributed by atoms with E-state index < -0.39 is 5.91 Å². The Kier molecular flexibility index (Phi) is 4.80. The second-order valence-electron chi connectivity index (χ2n) is 5.06. The molecule has 0 fully saturated rings. The van der Waals surface area contributed by atoms with Crippen molar-refractivity contribution in [2.75, 3.05) is 18.2 Å². The molecule has 0 bridgehead atoms. The van der Waals surface area contributed by atoms with E-state index in [2.05, 4.69) is 10.3 Å². The van der Waals surface area contributed by atoms with Gasteiger partial charge in [0.15, 0.2) is 11.6 Å². The van der Waals surface area contributed by atoms with Crippen LogP contribution in [0.2, 0.25) is 0 Å². The molecule has 3 N–H and O–H groups in total. The number of ketones is 1. The first kappa shape index (κ1) is 17.0. The summed E-state index contributed by atoms with van der Waals surface area (Å²) >= 11 is 0. The summed E-state index contributed by atoms with van der Waals surface area (Å²) in [6.07, 6.45) is 0. The van der Waals surface area contributed by atoms with E-state index in [0.29, 0.717) is 17.0 Å². The number of benzene rings is 1. The zero-order valence-corrected chi connectivity index (χ0v) is 13.5. The van der Waals surface area contributed by atoms with Gasteiger partial charge in [-0.15, -0.1) is 0 Å². The van der Waals surface area contributed by atoms with Gasteiger partial charge < -0.3 is 15.8 Å². The lowest BCUT2D eigenvalue weighted by Crippen LogP contribution is -2.17. The molecule has 0 atom stereocenters. The number of nitrogens with zero attached hydrogens (tertiary/aromatic N) is 2. The molecule has 0 aliphatic carbocycles. The third kappa shape index (κ3) is 3.17. The summed E-state index contributed by atoms with van der Waals surface area (Å²) in [6.45, 7) is 2.94. The van der Waals surface area contributed by atoms with Crippen molar-refractivity contribution >= 4 is 23.2 Å². The van der Waals surface area contributed by atoms with Crippen molar-refractivity contribution in [1.82, 2.24) is 4.98 Å². The van der Waals surface area contributed by atoms with Gasteiger partial charge in [-0.1, -0.05) is 0 Å². The van der Waals surface area contributed by atoms with E-state index in [0.717, 1.165) is 0 Å². The lowest BCUT2D eigenvalue weighted by molar-refractivity contribution is 0.101. The molecule has 0 unspecified atom stereocenters.